The van der Waals surface area contributed by atoms with Gasteiger partial charge in [-0.05, 0) is 29.4 Å². The summed E-state index contributed by atoms with van der Waals surface area (Å²) >= 11 is 0. The summed E-state index contributed by atoms with van der Waals surface area (Å²) in [5, 5.41) is 3.78. The number of hydrogen-bond donors (Lipinski definition) is 0. The average molecular weight is 361 g/mol. The standard InChI is InChI=1S/C23H24O2Si/c1-23(2)22(25-23)18-24-26(19-12-6-3-7-13-19,20-14-8-4-9-15-20)21-16-10-5-11-17-21/h3-17,22H,18H2,1-2H3/t22-/m0/s1. The van der Waals surface area contributed by atoms with Gasteiger partial charge in [0.25, 0.3) is 8.32 Å². The molecule has 0 saturated carbocycles. The van der Waals surface area contributed by atoms with E-state index in [9.17, 15) is 0 Å². The van der Waals surface area contributed by atoms with E-state index in [1.807, 2.05) is 0 Å². The Kier molecular flexibility index (Phi) is 4.53. The van der Waals surface area contributed by atoms with Gasteiger partial charge in [0.05, 0.1) is 12.2 Å². The molecule has 1 saturated heterocycles. The van der Waals surface area contributed by atoms with Crippen molar-refractivity contribution >= 4 is 23.9 Å². The molecular formula is C23H24O2Si. The topological polar surface area (TPSA) is 21.8 Å². The van der Waals surface area contributed by atoms with E-state index in [0.717, 1.165) is 0 Å². The molecule has 132 valence electrons. The van der Waals surface area contributed by atoms with E-state index >= 15 is 0 Å². The summed E-state index contributed by atoms with van der Waals surface area (Å²) in [5.74, 6) is 0. The molecule has 0 aliphatic carbocycles. The quantitative estimate of drug-likeness (QED) is 0.383. The van der Waals surface area contributed by atoms with Gasteiger partial charge in [-0.15, -0.1) is 0 Å². The lowest BCUT2D eigenvalue weighted by Gasteiger charge is -2.33. The molecule has 3 aromatic rings. The van der Waals surface area contributed by atoms with Crippen molar-refractivity contribution < 1.29 is 9.16 Å². The molecule has 1 aliphatic rings. The Bertz CT molecular complexity index is 750. The first-order valence-corrected chi connectivity index (χ1v) is 11.0. The highest BCUT2D eigenvalue weighted by atomic mass is 28.4. The molecule has 0 spiro atoms. The van der Waals surface area contributed by atoms with Crippen LogP contribution in [0, 0.1) is 0 Å². The molecule has 0 radical (unpaired) electrons. The second-order valence-corrected chi connectivity index (χ2v) is 10.7. The van der Waals surface area contributed by atoms with Crippen molar-refractivity contribution in [1.29, 1.82) is 0 Å². The Morgan fingerprint density at radius 2 is 1.08 bits per heavy atom. The van der Waals surface area contributed by atoms with Crippen LogP contribution >= 0.6 is 0 Å². The Morgan fingerprint density at radius 1 is 0.731 bits per heavy atom. The van der Waals surface area contributed by atoms with Crippen LogP contribution in [0.5, 0.6) is 0 Å². The van der Waals surface area contributed by atoms with Crippen LogP contribution in [-0.4, -0.2) is 26.6 Å². The molecular weight excluding hydrogens is 336 g/mol. The molecule has 0 aromatic heterocycles. The monoisotopic (exact) mass is 360 g/mol. The third-order valence-electron chi connectivity index (χ3n) is 5.16. The second kappa shape index (κ2) is 6.84. The lowest BCUT2D eigenvalue weighted by molar-refractivity contribution is 0.256. The van der Waals surface area contributed by atoms with Crippen LogP contribution in [0.3, 0.4) is 0 Å². The molecule has 3 heteroatoms. The minimum absolute atomic E-state index is 0.0792. The maximum atomic E-state index is 6.86. The minimum Gasteiger partial charge on any atom is -0.401 e. The van der Waals surface area contributed by atoms with Gasteiger partial charge >= 0.3 is 0 Å². The normalized spacial score (nSPS) is 18.5. The van der Waals surface area contributed by atoms with Crippen molar-refractivity contribution in [3.05, 3.63) is 91.0 Å². The van der Waals surface area contributed by atoms with Crippen molar-refractivity contribution in [3.8, 4) is 0 Å². The molecule has 1 aliphatic heterocycles. The molecule has 0 amide bonds. The van der Waals surface area contributed by atoms with E-state index in [1.165, 1.54) is 15.6 Å². The van der Waals surface area contributed by atoms with Crippen LogP contribution < -0.4 is 15.6 Å². The Hall–Kier alpha value is -2.20. The molecule has 0 bridgehead atoms. The van der Waals surface area contributed by atoms with Crippen LogP contribution in [0.4, 0.5) is 0 Å². The van der Waals surface area contributed by atoms with Gasteiger partial charge < -0.3 is 9.16 Å². The molecule has 26 heavy (non-hydrogen) atoms. The Morgan fingerprint density at radius 3 is 1.38 bits per heavy atom. The van der Waals surface area contributed by atoms with Crippen molar-refractivity contribution in [2.24, 2.45) is 0 Å². The first-order valence-electron chi connectivity index (χ1n) is 9.11. The zero-order valence-electron chi connectivity index (χ0n) is 15.3. The lowest BCUT2D eigenvalue weighted by Crippen LogP contribution is -2.69. The first kappa shape index (κ1) is 17.2. The fourth-order valence-corrected chi connectivity index (χ4v) is 7.42. The van der Waals surface area contributed by atoms with Gasteiger partial charge in [-0.3, -0.25) is 0 Å². The summed E-state index contributed by atoms with van der Waals surface area (Å²) in [6.07, 6.45) is 0.158. The average Bonchev–Trinajstić information content (AvgIpc) is 3.31. The highest BCUT2D eigenvalue weighted by molar-refractivity contribution is 7.07. The molecule has 3 aromatic carbocycles. The Labute approximate surface area is 156 Å². The summed E-state index contributed by atoms with van der Waals surface area (Å²) in [5.41, 5.74) is -0.0792. The van der Waals surface area contributed by atoms with E-state index in [0.29, 0.717) is 6.61 Å². The third-order valence-corrected chi connectivity index (χ3v) is 9.20. The molecule has 0 unspecified atom stereocenters. The van der Waals surface area contributed by atoms with Crippen molar-refractivity contribution in [1.82, 2.24) is 0 Å². The molecule has 1 fully saturated rings. The summed E-state index contributed by atoms with van der Waals surface area (Å²) in [4.78, 5) is 0. The predicted octanol–water partition coefficient (Wildman–Crippen LogP) is 2.85. The van der Waals surface area contributed by atoms with Gasteiger partial charge in [0.2, 0.25) is 0 Å². The maximum Gasteiger partial charge on any atom is 0.288 e. The molecule has 0 N–H and O–H groups in total. The zero-order chi connectivity index (χ0) is 18.0. The number of benzene rings is 3. The van der Waals surface area contributed by atoms with Gasteiger partial charge in [0, 0.05) is 0 Å². The third kappa shape index (κ3) is 3.14. The Balaban J connectivity index is 1.85. The van der Waals surface area contributed by atoms with Gasteiger partial charge in [0.1, 0.15) is 6.10 Å². The molecule has 1 heterocycles. The first-order chi connectivity index (χ1) is 12.6. The maximum absolute atomic E-state index is 6.86. The largest absolute Gasteiger partial charge is 0.401 e. The van der Waals surface area contributed by atoms with Crippen LogP contribution in [0.25, 0.3) is 0 Å². The number of rotatable bonds is 6. The van der Waals surface area contributed by atoms with Crippen LogP contribution in [-0.2, 0) is 9.16 Å². The highest BCUT2D eigenvalue weighted by Gasteiger charge is 2.50. The second-order valence-electron chi connectivity index (χ2n) is 7.30. The number of hydrogen-bond acceptors (Lipinski definition) is 2. The summed E-state index contributed by atoms with van der Waals surface area (Å²) < 4.78 is 12.7. The van der Waals surface area contributed by atoms with E-state index in [-0.39, 0.29) is 11.7 Å². The number of epoxide rings is 1. The van der Waals surface area contributed by atoms with Crippen molar-refractivity contribution in [2.75, 3.05) is 6.61 Å². The van der Waals surface area contributed by atoms with E-state index in [4.69, 9.17) is 9.16 Å². The van der Waals surface area contributed by atoms with Gasteiger partial charge in [-0.25, -0.2) is 0 Å². The summed E-state index contributed by atoms with van der Waals surface area (Å²) in [6, 6.07) is 32.0. The van der Waals surface area contributed by atoms with Gasteiger partial charge in [-0.1, -0.05) is 91.0 Å². The van der Waals surface area contributed by atoms with E-state index in [1.54, 1.807) is 0 Å². The molecule has 2 nitrogen and oxygen atoms in total. The molecule has 1 atom stereocenters. The zero-order valence-corrected chi connectivity index (χ0v) is 16.3. The fraction of sp³-hybridized carbons (Fsp3) is 0.217. The summed E-state index contributed by atoms with van der Waals surface area (Å²) in [6.45, 7) is 4.85. The highest BCUT2D eigenvalue weighted by Crippen LogP contribution is 2.35. The lowest BCUT2D eigenvalue weighted by atomic mass is 10.1. The van der Waals surface area contributed by atoms with Crippen LogP contribution in [0.15, 0.2) is 91.0 Å². The molecule has 4 rings (SSSR count). The smallest absolute Gasteiger partial charge is 0.288 e. The van der Waals surface area contributed by atoms with Crippen LogP contribution in [0.2, 0.25) is 0 Å². The van der Waals surface area contributed by atoms with Crippen molar-refractivity contribution in [3.63, 3.8) is 0 Å². The SMILES string of the molecule is CC1(C)O[C@H]1CO[Si](c1ccccc1)(c1ccccc1)c1ccccc1. The summed E-state index contributed by atoms with van der Waals surface area (Å²) in [7, 11) is -2.59. The van der Waals surface area contributed by atoms with Gasteiger partial charge in [0.15, 0.2) is 0 Å². The van der Waals surface area contributed by atoms with Gasteiger partial charge in [-0.2, -0.15) is 0 Å². The minimum atomic E-state index is -2.59. The predicted molar refractivity (Wildman–Crippen MR) is 109 cm³/mol. The number of ether oxygens (including phenoxy) is 1. The van der Waals surface area contributed by atoms with Crippen molar-refractivity contribution in [2.45, 2.75) is 25.6 Å². The van der Waals surface area contributed by atoms with Crippen LogP contribution in [0.1, 0.15) is 13.8 Å². The van der Waals surface area contributed by atoms with E-state index in [2.05, 4.69) is 105 Å². The fourth-order valence-electron chi connectivity index (χ4n) is 3.54. The van der Waals surface area contributed by atoms with E-state index < -0.39 is 8.32 Å².